The minimum Gasteiger partial charge on any atom is -0.311 e. The minimum atomic E-state index is 0. The Bertz CT molecular complexity index is 82.7. The van der Waals surface area contributed by atoms with Gasteiger partial charge in [0.2, 0.25) is 0 Å². The Hall–Kier alpha value is 1.42. The molecule has 1 N–H and O–H groups in total. The van der Waals surface area contributed by atoms with E-state index in [1.807, 2.05) is 0 Å². The molecule has 4 nitrogen and oxygen atoms in total. The van der Waals surface area contributed by atoms with Gasteiger partial charge in [0.1, 0.15) is 0 Å². The van der Waals surface area contributed by atoms with Gasteiger partial charge in [-0.3, -0.25) is 0 Å². The summed E-state index contributed by atoms with van der Waals surface area (Å²) in [4.78, 5) is 0. The number of halogens is 2. The maximum Gasteiger partial charge on any atom is 1.00 e. The first-order valence-corrected chi connectivity index (χ1v) is 3.11. The zero-order valence-electron chi connectivity index (χ0n) is 5.67. The monoisotopic (exact) mass is 194 g/mol. The molecule has 1 saturated heterocycles. The molecule has 0 amide bonds. The third kappa shape index (κ3) is 3.71. The Morgan fingerprint density at radius 1 is 1.00 bits per heavy atom. The average Bonchev–Trinajstić information content (AvgIpc) is 1.59. The standard InChI is InChI=1S/C3H7Cl2N3O.Na/c4-6-1-7(5)3-8(9)2-6;/h9H,1-3H2;/q;+1. The minimum absolute atomic E-state index is 0. The molecule has 0 aromatic rings. The molecule has 54 valence electrons. The molecule has 0 radical (unpaired) electrons. The summed E-state index contributed by atoms with van der Waals surface area (Å²) in [6.07, 6.45) is 0. The fourth-order valence-corrected chi connectivity index (χ4v) is 1.21. The fourth-order valence-electron chi connectivity index (χ4n) is 0.655. The molecule has 10 heavy (non-hydrogen) atoms. The van der Waals surface area contributed by atoms with Gasteiger partial charge in [0.05, 0.1) is 20.0 Å². The van der Waals surface area contributed by atoms with Crippen molar-refractivity contribution in [2.75, 3.05) is 20.0 Å². The van der Waals surface area contributed by atoms with Crippen LogP contribution in [-0.4, -0.2) is 39.1 Å². The van der Waals surface area contributed by atoms with Gasteiger partial charge in [-0.2, -0.15) is 13.9 Å². The average molecular weight is 195 g/mol. The van der Waals surface area contributed by atoms with Gasteiger partial charge < -0.3 is 5.21 Å². The Kier molecular flexibility index (Phi) is 5.86. The third-order valence-electron chi connectivity index (χ3n) is 0.940. The van der Waals surface area contributed by atoms with E-state index in [9.17, 15) is 0 Å². The van der Waals surface area contributed by atoms with E-state index < -0.39 is 0 Å². The number of hydrogen-bond acceptors (Lipinski definition) is 4. The third-order valence-corrected chi connectivity index (χ3v) is 1.37. The van der Waals surface area contributed by atoms with Gasteiger partial charge >= 0.3 is 29.6 Å². The van der Waals surface area contributed by atoms with Gasteiger partial charge in [-0.05, 0) is 23.6 Å². The van der Waals surface area contributed by atoms with E-state index in [-0.39, 0.29) is 29.6 Å². The van der Waals surface area contributed by atoms with E-state index in [0.717, 1.165) is 5.06 Å². The van der Waals surface area contributed by atoms with E-state index in [4.69, 9.17) is 28.8 Å². The quantitative estimate of drug-likeness (QED) is 0.341. The van der Waals surface area contributed by atoms with Crippen molar-refractivity contribution in [3.05, 3.63) is 0 Å². The van der Waals surface area contributed by atoms with Crippen molar-refractivity contribution in [2.45, 2.75) is 0 Å². The van der Waals surface area contributed by atoms with Crippen LogP contribution >= 0.6 is 23.6 Å². The smallest absolute Gasteiger partial charge is 0.311 e. The van der Waals surface area contributed by atoms with Crippen molar-refractivity contribution >= 4 is 23.6 Å². The van der Waals surface area contributed by atoms with Gasteiger partial charge in [-0.1, -0.05) is 0 Å². The molecule has 0 aromatic carbocycles. The van der Waals surface area contributed by atoms with Gasteiger partial charge in [-0.25, -0.2) is 0 Å². The molecule has 0 aliphatic carbocycles. The van der Waals surface area contributed by atoms with E-state index in [1.165, 1.54) is 8.84 Å². The second-order valence-electron chi connectivity index (χ2n) is 1.86. The van der Waals surface area contributed by atoms with E-state index in [1.54, 1.807) is 0 Å². The van der Waals surface area contributed by atoms with Crippen LogP contribution < -0.4 is 29.6 Å². The fraction of sp³-hybridized carbons (Fsp3) is 1.00. The van der Waals surface area contributed by atoms with Crippen LogP contribution in [0.3, 0.4) is 0 Å². The molecule has 0 spiro atoms. The Morgan fingerprint density at radius 2 is 1.40 bits per heavy atom. The van der Waals surface area contributed by atoms with Gasteiger partial charge in [0.15, 0.2) is 0 Å². The maximum absolute atomic E-state index is 8.83. The molecule has 7 heteroatoms. The normalized spacial score (nSPS) is 24.3. The summed E-state index contributed by atoms with van der Waals surface area (Å²) in [6.45, 7) is 1.11. The molecule has 1 rings (SSSR count). The Balaban J connectivity index is 0.000000810. The van der Waals surface area contributed by atoms with E-state index in [0.29, 0.717) is 20.0 Å². The first-order chi connectivity index (χ1) is 4.18. The van der Waals surface area contributed by atoms with E-state index in [2.05, 4.69) is 0 Å². The zero-order chi connectivity index (χ0) is 6.85. The molecule has 1 fully saturated rings. The van der Waals surface area contributed by atoms with Gasteiger partial charge in [0.25, 0.3) is 0 Å². The Labute approximate surface area is 91.7 Å². The zero-order valence-corrected chi connectivity index (χ0v) is 9.18. The first kappa shape index (κ1) is 11.4. The molecule has 1 aliphatic rings. The van der Waals surface area contributed by atoms with Crippen LogP contribution in [0.15, 0.2) is 0 Å². The number of hydrogen-bond donors (Lipinski definition) is 1. The first-order valence-electron chi connectivity index (χ1n) is 2.44. The summed E-state index contributed by atoms with van der Waals surface area (Å²) in [6, 6.07) is 0. The maximum atomic E-state index is 8.83. The number of nitrogens with zero attached hydrogens (tertiary/aromatic N) is 3. The second kappa shape index (κ2) is 5.13. The van der Waals surface area contributed by atoms with Crippen LogP contribution in [0.1, 0.15) is 0 Å². The largest absolute Gasteiger partial charge is 1.00 e. The molecule has 0 bridgehead atoms. The second-order valence-corrected chi connectivity index (χ2v) is 2.81. The summed E-state index contributed by atoms with van der Waals surface area (Å²) in [7, 11) is 0. The van der Waals surface area contributed by atoms with Crippen molar-refractivity contribution in [1.29, 1.82) is 0 Å². The summed E-state index contributed by atoms with van der Waals surface area (Å²) >= 11 is 11.0. The van der Waals surface area contributed by atoms with Crippen molar-refractivity contribution in [3.8, 4) is 0 Å². The van der Waals surface area contributed by atoms with Crippen molar-refractivity contribution in [3.63, 3.8) is 0 Å². The van der Waals surface area contributed by atoms with E-state index >= 15 is 0 Å². The topological polar surface area (TPSA) is 30.0 Å². The molecule has 0 aromatic heterocycles. The number of rotatable bonds is 0. The van der Waals surface area contributed by atoms with Crippen LogP contribution in [-0.2, 0) is 0 Å². The molecule has 0 saturated carbocycles. The molecule has 0 unspecified atom stereocenters. The van der Waals surface area contributed by atoms with Gasteiger partial charge in [0, 0.05) is 0 Å². The molecule has 0 atom stereocenters. The van der Waals surface area contributed by atoms with Crippen molar-refractivity contribution in [1.82, 2.24) is 13.9 Å². The summed E-state index contributed by atoms with van der Waals surface area (Å²) in [5, 5.41) is 9.85. The SMILES string of the molecule is ON1CN(Cl)CN(Cl)C1.[Na+]. The number of hydroxylamine groups is 2. The summed E-state index contributed by atoms with van der Waals surface area (Å²) in [5.74, 6) is 0. The van der Waals surface area contributed by atoms with Gasteiger partial charge in [-0.15, -0.1) is 0 Å². The summed E-state index contributed by atoms with van der Waals surface area (Å²) in [5.41, 5.74) is 0. The van der Waals surface area contributed by atoms with Crippen LogP contribution in [0.5, 0.6) is 0 Å². The Morgan fingerprint density at radius 3 is 1.70 bits per heavy atom. The van der Waals surface area contributed by atoms with Crippen LogP contribution in [0, 0.1) is 0 Å². The molecular formula is C3H7Cl2N3NaO+. The van der Waals surface area contributed by atoms with Crippen molar-refractivity contribution in [2.24, 2.45) is 0 Å². The predicted octanol–water partition coefficient (Wildman–Crippen LogP) is -2.52. The molecular weight excluding hydrogens is 188 g/mol. The van der Waals surface area contributed by atoms with Crippen LogP contribution in [0.25, 0.3) is 0 Å². The molecule has 1 heterocycles. The molecule has 1 aliphatic heterocycles. The van der Waals surface area contributed by atoms with Crippen molar-refractivity contribution < 1.29 is 34.8 Å². The summed E-state index contributed by atoms with van der Waals surface area (Å²) < 4.78 is 2.74. The van der Waals surface area contributed by atoms with Crippen LogP contribution in [0.4, 0.5) is 0 Å². The van der Waals surface area contributed by atoms with Crippen LogP contribution in [0.2, 0.25) is 0 Å². The predicted molar refractivity (Wildman–Crippen MR) is 33.6 cm³/mol.